The summed E-state index contributed by atoms with van der Waals surface area (Å²) in [5.41, 5.74) is 0.216. The van der Waals surface area contributed by atoms with Crippen LogP contribution in [-0.2, 0) is 10.0 Å². The van der Waals surface area contributed by atoms with Gasteiger partial charge in [0.2, 0.25) is 10.0 Å². The van der Waals surface area contributed by atoms with Crippen LogP contribution in [0.3, 0.4) is 0 Å². The SMILES string of the molecule is CC(O)CCCNc1ccc(S(N)(=O)=O)cc1F. The van der Waals surface area contributed by atoms with Crippen molar-refractivity contribution in [1.82, 2.24) is 0 Å². The molecule has 102 valence electrons. The molecule has 0 aliphatic rings. The molecule has 0 aliphatic carbocycles. The second-order valence-electron chi connectivity index (χ2n) is 4.10. The number of hydrogen-bond donors (Lipinski definition) is 3. The lowest BCUT2D eigenvalue weighted by Crippen LogP contribution is -2.13. The maximum absolute atomic E-state index is 13.5. The summed E-state index contributed by atoms with van der Waals surface area (Å²) in [4.78, 5) is -0.255. The van der Waals surface area contributed by atoms with Gasteiger partial charge in [-0.3, -0.25) is 0 Å². The van der Waals surface area contributed by atoms with E-state index in [-0.39, 0.29) is 16.7 Å². The van der Waals surface area contributed by atoms with Gasteiger partial charge in [0.05, 0.1) is 16.7 Å². The Balaban J connectivity index is 2.64. The van der Waals surface area contributed by atoms with E-state index >= 15 is 0 Å². The van der Waals surface area contributed by atoms with Gasteiger partial charge in [-0.25, -0.2) is 17.9 Å². The molecule has 0 aliphatic heterocycles. The average Bonchev–Trinajstić information content (AvgIpc) is 2.24. The van der Waals surface area contributed by atoms with Crippen molar-refractivity contribution in [3.8, 4) is 0 Å². The lowest BCUT2D eigenvalue weighted by atomic mass is 10.2. The minimum atomic E-state index is -3.88. The number of nitrogens with two attached hydrogens (primary N) is 1. The molecule has 7 heteroatoms. The minimum absolute atomic E-state index is 0.216. The summed E-state index contributed by atoms with van der Waals surface area (Å²) in [5, 5.41) is 16.8. The van der Waals surface area contributed by atoms with Crippen molar-refractivity contribution in [2.75, 3.05) is 11.9 Å². The Kier molecular flexibility index (Phi) is 5.06. The van der Waals surface area contributed by atoms with E-state index in [1.54, 1.807) is 6.92 Å². The number of sulfonamides is 1. The molecule has 1 rings (SSSR count). The zero-order chi connectivity index (χ0) is 13.8. The zero-order valence-corrected chi connectivity index (χ0v) is 10.9. The maximum atomic E-state index is 13.5. The second-order valence-corrected chi connectivity index (χ2v) is 5.67. The fraction of sp³-hybridized carbons (Fsp3) is 0.455. The predicted molar refractivity (Wildman–Crippen MR) is 67.2 cm³/mol. The number of benzene rings is 1. The summed E-state index contributed by atoms with van der Waals surface area (Å²) in [7, 11) is -3.88. The Morgan fingerprint density at radius 1 is 1.50 bits per heavy atom. The second kappa shape index (κ2) is 6.12. The van der Waals surface area contributed by atoms with Gasteiger partial charge in [0.15, 0.2) is 0 Å². The van der Waals surface area contributed by atoms with Crippen molar-refractivity contribution in [2.24, 2.45) is 5.14 Å². The highest BCUT2D eigenvalue weighted by molar-refractivity contribution is 7.89. The van der Waals surface area contributed by atoms with Crippen LogP contribution in [0.5, 0.6) is 0 Å². The normalized spacial score (nSPS) is 13.3. The van der Waals surface area contributed by atoms with Crippen LogP contribution < -0.4 is 10.5 Å². The lowest BCUT2D eigenvalue weighted by molar-refractivity contribution is 0.183. The van der Waals surface area contributed by atoms with Crippen LogP contribution in [0, 0.1) is 5.82 Å². The topological polar surface area (TPSA) is 92.4 Å². The van der Waals surface area contributed by atoms with E-state index in [1.807, 2.05) is 0 Å². The Morgan fingerprint density at radius 3 is 2.67 bits per heavy atom. The van der Waals surface area contributed by atoms with Crippen LogP contribution in [0.15, 0.2) is 23.1 Å². The van der Waals surface area contributed by atoms with E-state index in [9.17, 15) is 12.8 Å². The van der Waals surface area contributed by atoms with Crippen LogP contribution in [0.4, 0.5) is 10.1 Å². The van der Waals surface area contributed by atoms with Crippen molar-refractivity contribution < 1.29 is 17.9 Å². The number of rotatable bonds is 6. The molecule has 5 nitrogen and oxygen atoms in total. The van der Waals surface area contributed by atoms with Gasteiger partial charge in [-0.05, 0) is 38.0 Å². The number of aliphatic hydroxyl groups excluding tert-OH is 1. The van der Waals surface area contributed by atoms with E-state index in [1.165, 1.54) is 12.1 Å². The molecule has 18 heavy (non-hydrogen) atoms. The van der Waals surface area contributed by atoms with Crippen LogP contribution in [0.2, 0.25) is 0 Å². The van der Waals surface area contributed by atoms with Gasteiger partial charge in [0, 0.05) is 6.54 Å². The fourth-order valence-corrected chi connectivity index (χ4v) is 1.96. The molecule has 0 amide bonds. The van der Waals surface area contributed by atoms with Gasteiger partial charge in [-0.2, -0.15) is 0 Å². The monoisotopic (exact) mass is 276 g/mol. The van der Waals surface area contributed by atoms with Crippen molar-refractivity contribution in [3.63, 3.8) is 0 Å². The Hall–Kier alpha value is -1.18. The van der Waals surface area contributed by atoms with E-state index in [0.29, 0.717) is 19.4 Å². The summed E-state index contributed by atoms with van der Waals surface area (Å²) >= 11 is 0. The van der Waals surface area contributed by atoms with Crippen LogP contribution >= 0.6 is 0 Å². The summed E-state index contributed by atoms with van der Waals surface area (Å²) < 4.78 is 35.5. The number of anilines is 1. The highest BCUT2D eigenvalue weighted by Gasteiger charge is 2.11. The minimum Gasteiger partial charge on any atom is -0.393 e. The first-order valence-electron chi connectivity index (χ1n) is 5.55. The van der Waals surface area contributed by atoms with Crippen LogP contribution in [0.1, 0.15) is 19.8 Å². The standard InChI is InChI=1S/C11H17FN2O3S/c1-8(15)3-2-6-14-11-5-4-9(7-10(11)12)18(13,16)17/h4-5,7-8,14-15H,2-3,6H2,1H3,(H2,13,16,17). The third-order valence-electron chi connectivity index (χ3n) is 2.38. The highest BCUT2D eigenvalue weighted by atomic mass is 32.2. The van der Waals surface area contributed by atoms with Crippen LogP contribution in [0.25, 0.3) is 0 Å². The van der Waals surface area contributed by atoms with Gasteiger partial charge < -0.3 is 10.4 Å². The molecule has 0 saturated heterocycles. The first-order chi connectivity index (χ1) is 8.30. The smallest absolute Gasteiger partial charge is 0.238 e. The molecule has 1 aromatic rings. The number of nitrogens with one attached hydrogen (secondary N) is 1. The first-order valence-corrected chi connectivity index (χ1v) is 7.09. The van der Waals surface area contributed by atoms with Gasteiger partial charge in [0.25, 0.3) is 0 Å². The summed E-state index contributed by atoms with van der Waals surface area (Å²) in [6.07, 6.45) is 0.916. The number of halogens is 1. The molecule has 0 aromatic heterocycles. The van der Waals surface area contributed by atoms with Gasteiger partial charge >= 0.3 is 0 Å². The van der Waals surface area contributed by atoms with E-state index in [2.05, 4.69) is 5.32 Å². The molecule has 4 N–H and O–H groups in total. The Bertz CT molecular complexity index is 503. The Labute approximate surface area is 106 Å². The van der Waals surface area contributed by atoms with E-state index < -0.39 is 15.8 Å². The maximum Gasteiger partial charge on any atom is 0.238 e. The van der Waals surface area contributed by atoms with Crippen molar-refractivity contribution >= 4 is 15.7 Å². The number of hydrogen-bond acceptors (Lipinski definition) is 4. The molecule has 1 atom stereocenters. The summed E-state index contributed by atoms with van der Waals surface area (Å²) in [5.74, 6) is -0.668. The van der Waals surface area contributed by atoms with Crippen LogP contribution in [-0.4, -0.2) is 26.2 Å². The largest absolute Gasteiger partial charge is 0.393 e. The van der Waals surface area contributed by atoms with Crippen molar-refractivity contribution in [3.05, 3.63) is 24.0 Å². The van der Waals surface area contributed by atoms with E-state index in [0.717, 1.165) is 6.07 Å². The molecule has 0 bridgehead atoms. The molecule has 0 saturated carbocycles. The number of aliphatic hydroxyl groups is 1. The predicted octanol–water partition coefficient (Wildman–Crippen LogP) is 1.05. The highest BCUT2D eigenvalue weighted by Crippen LogP contribution is 2.18. The van der Waals surface area contributed by atoms with Crippen molar-refractivity contribution in [2.45, 2.75) is 30.8 Å². The Morgan fingerprint density at radius 2 is 2.17 bits per heavy atom. The quantitative estimate of drug-likeness (QED) is 0.677. The van der Waals surface area contributed by atoms with E-state index in [4.69, 9.17) is 10.2 Å². The summed E-state index contributed by atoms with van der Waals surface area (Å²) in [6.45, 7) is 2.18. The third kappa shape index (κ3) is 4.59. The average molecular weight is 276 g/mol. The van der Waals surface area contributed by atoms with Crippen molar-refractivity contribution in [1.29, 1.82) is 0 Å². The fourth-order valence-electron chi connectivity index (χ4n) is 1.44. The molecular formula is C11H17FN2O3S. The lowest BCUT2D eigenvalue weighted by Gasteiger charge is -2.09. The molecule has 0 heterocycles. The number of primary sulfonamides is 1. The third-order valence-corrected chi connectivity index (χ3v) is 3.29. The molecular weight excluding hydrogens is 259 g/mol. The van der Waals surface area contributed by atoms with Gasteiger partial charge in [-0.1, -0.05) is 0 Å². The molecule has 1 aromatic carbocycles. The zero-order valence-electron chi connectivity index (χ0n) is 10.1. The van der Waals surface area contributed by atoms with Gasteiger partial charge in [0.1, 0.15) is 5.82 Å². The summed E-state index contributed by atoms with van der Waals surface area (Å²) in [6, 6.07) is 3.46. The molecule has 0 radical (unpaired) electrons. The van der Waals surface area contributed by atoms with Gasteiger partial charge in [-0.15, -0.1) is 0 Å². The first kappa shape index (κ1) is 14.9. The molecule has 0 fully saturated rings. The molecule has 1 unspecified atom stereocenters. The molecule has 0 spiro atoms.